The van der Waals surface area contributed by atoms with Crippen LogP contribution in [0.25, 0.3) is 0 Å². The molecule has 2 nitrogen and oxygen atoms in total. The summed E-state index contributed by atoms with van der Waals surface area (Å²) in [6.07, 6.45) is 3.77. The molecule has 0 saturated heterocycles. The highest BCUT2D eigenvalue weighted by atomic mass is 127. The lowest BCUT2D eigenvalue weighted by Crippen LogP contribution is -2.41. The van der Waals surface area contributed by atoms with E-state index in [0.717, 1.165) is 19.4 Å². The fraction of sp³-hybridized carbons (Fsp3) is 0.882. The number of rotatable bonds is 8. The van der Waals surface area contributed by atoms with Crippen LogP contribution in [0.4, 0.5) is 0 Å². The molecule has 21 heavy (non-hydrogen) atoms. The van der Waals surface area contributed by atoms with E-state index in [2.05, 4.69) is 83.3 Å². The number of aliphatic hydroxyl groups is 1. The van der Waals surface area contributed by atoms with Crippen LogP contribution in [-0.2, 0) is 4.43 Å². The van der Waals surface area contributed by atoms with Crippen molar-refractivity contribution in [1.82, 2.24) is 0 Å². The van der Waals surface area contributed by atoms with Crippen molar-refractivity contribution < 1.29 is 9.53 Å². The summed E-state index contributed by atoms with van der Waals surface area (Å²) >= 11 is 2.30. The van der Waals surface area contributed by atoms with E-state index >= 15 is 0 Å². The van der Waals surface area contributed by atoms with Crippen LogP contribution in [0.15, 0.2) is 9.66 Å². The number of halogens is 1. The van der Waals surface area contributed by atoms with Crippen molar-refractivity contribution in [1.29, 1.82) is 0 Å². The highest BCUT2D eigenvalue weighted by Crippen LogP contribution is 2.36. The molecule has 1 N–H and O–H groups in total. The summed E-state index contributed by atoms with van der Waals surface area (Å²) in [7, 11) is -1.64. The summed E-state index contributed by atoms with van der Waals surface area (Å²) in [5.74, 6) is 0.737. The number of aliphatic hydroxyl groups excluding tert-OH is 1. The number of allylic oxidation sites excluding steroid dienone is 1. The van der Waals surface area contributed by atoms with E-state index in [4.69, 9.17) is 4.43 Å². The third-order valence-corrected chi connectivity index (χ3v) is 9.45. The van der Waals surface area contributed by atoms with E-state index < -0.39 is 8.32 Å². The molecule has 0 heterocycles. The molecular formula is C17H35IO2Si. The Labute approximate surface area is 147 Å². The molecule has 0 fully saturated rings. The fourth-order valence-corrected chi connectivity index (χ4v) is 3.54. The van der Waals surface area contributed by atoms with Gasteiger partial charge in [0.25, 0.3) is 0 Å². The van der Waals surface area contributed by atoms with E-state index in [9.17, 15) is 5.11 Å². The molecule has 0 amide bonds. The summed E-state index contributed by atoms with van der Waals surface area (Å²) in [4.78, 5) is 0. The van der Waals surface area contributed by atoms with Crippen LogP contribution >= 0.6 is 22.6 Å². The van der Waals surface area contributed by atoms with Crippen molar-refractivity contribution >= 4 is 30.9 Å². The second kappa shape index (κ2) is 9.04. The second-order valence-electron chi connectivity index (χ2n) is 7.93. The van der Waals surface area contributed by atoms with Crippen molar-refractivity contribution in [2.45, 2.75) is 78.6 Å². The maximum absolute atomic E-state index is 10.2. The first-order valence-electron chi connectivity index (χ1n) is 8.02. The molecule has 0 radical (unpaired) electrons. The van der Waals surface area contributed by atoms with Crippen LogP contribution < -0.4 is 0 Å². The molecule has 0 spiro atoms. The molecule has 0 rings (SSSR count). The van der Waals surface area contributed by atoms with E-state index in [1.165, 1.54) is 3.58 Å². The minimum Gasteiger partial charge on any atom is -0.417 e. The average molecular weight is 426 g/mol. The largest absolute Gasteiger partial charge is 0.417 e. The van der Waals surface area contributed by atoms with Crippen LogP contribution in [0.2, 0.25) is 18.1 Å². The maximum atomic E-state index is 10.2. The molecule has 0 aliphatic heterocycles. The zero-order valence-electron chi connectivity index (χ0n) is 15.2. The Morgan fingerprint density at radius 3 is 2.19 bits per heavy atom. The zero-order chi connectivity index (χ0) is 16.8. The van der Waals surface area contributed by atoms with Crippen molar-refractivity contribution in [3.05, 3.63) is 9.66 Å². The molecule has 0 bridgehead atoms. The molecule has 0 aromatic rings. The SMILES string of the molecule is C/C(I)=C\[C@H](C)[C@@H](O)CC[C@@H](C)CO[Si](C)(C)C(C)(C)C. The van der Waals surface area contributed by atoms with Gasteiger partial charge in [-0.05, 0) is 70.0 Å². The van der Waals surface area contributed by atoms with E-state index in [1.54, 1.807) is 0 Å². The van der Waals surface area contributed by atoms with E-state index in [1.807, 2.05) is 0 Å². The van der Waals surface area contributed by atoms with E-state index in [-0.39, 0.29) is 17.1 Å². The molecule has 4 heteroatoms. The second-order valence-corrected chi connectivity index (χ2v) is 14.4. The van der Waals surface area contributed by atoms with Gasteiger partial charge in [0, 0.05) is 12.5 Å². The summed E-state index contributed by atoms with van der Waals surface area (Å²) < 4.78 is 7.50. The van der Waals surface area contributed by atoms with Gasteiger partial charge in [0.15, 0.2) is 8.32 Å². The minimum absolute atomic E-state index is 0.232. The van der Waals surface area contributed by atoms with Gasteiger partial charge in [-0.2, -0.15) is 0 Å². The molecule has 3 atom stereocenters. The first-order chi connectivity index (χ1) is 9.36. The number of hydrogen-bond acceptors (Lipinski definition) is 2. The molecular weight excluding hydrogens is 391 g/mol. The lowest BCUT2D eigenvalue weighted by Gasteiger charge is -2.37. The van der Waals surface area contributed by atoms with E-state index in [0.29, 0.717) is 5.92 Å². The fourth-order valence-electron chi connectivity index (χ4n) is 1.84. The lowest BCUT2D eigenvalue weighted by molar-refractivity contribution is 0.114. The Bertz CT molecular complexity index is 330. The quantitative estimate of drug-likeness (QED) is 0.395. The Hall–Kier alpha value is 0.607. The monoisotopic (exact) mass is 426 g/mol. The molecule has 0 unspecified atom stereocenters. The summed E-state index contributed by atoms with van der Waals surface area (Å²) in [5, 5.41) is 10.5. The van der Waals surface area contributed by atoms with Gasteiger partial charge in [-0.1, -0.05) is 40.7 Å². The molecule has 126 valence electrons. The molecule has 0 aromatic heterocycles. The third-order valence-electron chi connectivity index (χ3n) is 4.59. The predicted molar refractivity (Wildman–Crippen MR) is 104 cm³/mol. The van der Waals surface area contributed by atoms with Gasteiger partial charge in [0.2, 0.25) is 0 Å². The lowest BCUT2D eigenvalue weighted by atomic mass is 9.96. The van der Waals surface area contributed by atoms with Gasteiger partial charge < -0.3 is 9.53 Å². The van der Waals surface area contributed by atoms with Gasteiger partial charge in [-0.25, -0.2) is 0 Å². The van der Waals surface area contributed by atoms with Crippen molar-refractivity contribution in [2.75, 3.05) is 6.61 Å². The first-order valence-corrected chi connectivity index (χ1v) is 12.0. The van der Waals surface area contributed by atoms with Crippen molar-refractivity contribution in [2.24, 2.45) is 11.8 Å². The predicted octanol–water partition coefficient (Wildman–Crippen LogP) is 5.76. The Morgan fingerprint density at radius 2 is 1.76 bits per heavy atom. The van der Waals surface area contributed by atoms with Crippen LogP contribution in [0.5, 0.6) is 0 Å². The zero-order valence-corrected chi connectivity index (χ0v) is 18.3. The van der Waals surface area contributed by atoms with Crippen molar-refractivity contribution in [3.8, 4) is 0 Å². The van der Waals surface area contributed by atoms with Gasteiger partial charge in [0.05, 0.1) is 6.10 Å². The highest BCUT2D eigenvalue weighted by molar-refractivity contribution is 14.1. The first kappa shape index (κ1) is 21.6. The molecule has 0 aromatic carbocycles. The average Bonchev–Trinajstić information content (AvgIpc) is 2.31. The van der Waals surface area contributed by atoms with Gasteiger partial charge >= 0.3 is 0 Å². The third kappa shape index (κ3) is 8.72. The Balaban J connectivity index is 4.17. The minimum atomic E-state index is -1.64. The Morgan fingerprint density at radius 1 is 1.24 bits per heavy atom. The van der Waals surface area contributed by atoms with Crippen LogP contribution in [-0.4, -0.2) is 26.1 Å². The highest BCUT2D eigenvalue weighted by Gasteiger charge is 2.37. The van der Waals surface area contributed by atoms with Gasteiger partial charge in [0.1, 0.15) is 0 Å². The van der Waals surface area contributed by atoms with Crippen LogP contribution in [0, 0.1) is 11.8 Å². The summed E-state index contributed by atoms with van der Waals surface area (Å²) in [5.41, 5.74) is 0. The number of hydrogen-bond donors (Lipinski definition) is 1. The maximum Gasteiger partial charge on any atom is 0.191 e. The van der Waals surface area contributed by atoms with Gasteiger partial charge in [-0.3, -0.25) is 0 Å². The molecule has 0 saturated carbocycles. The standard InChI is InChI=1S/C17H35IO2Si/c1-13(12-20-21(7,8)17(4,5)6)9-10-16(19)14(2)11-15(3)18/h11,13-14,16,19H,9-10,12H2,1-8H3/b15-11+/t13-,14+,16+/m1/s1. The molecule has 0 aliphatic rings. The van der Waals surface area contributed by atoms with Gasteiger partial charge in [-0.15, -0.1) is 0 Å². The Kier molecular flexibility index (Phi) is 9.30. The topological polar surface area (TPSA) is 29.5 Å². The smallest absolute Gasteiger partial charge is 0.191 e. The summed E-state index contributed by atoms with van der Waals surface area (Å²) in [6, 6.07) is 0. The normalized spacial score (nSPS) is 18.5. The van der Waals surface area contributed by atoms with Crippen LogP contribution in [0.1, 0.15) is 54.4 Å². The van der Waals surface area contributed by atoms with Crippen molar-refractivity contribution in [3.63, 3.8) is 0 Å². The molecule has 0 aliphatic carbocycles. The summed E-state index contributed by atoms with van der Waals surface area (Å²) in [6.45, 7) is 18.6. The van der Waals surface area contributed by atoms with Crippen LogP contribution in [0.3, 0.4) is 0 Å².